The molecule has 1 heterocycles. The molecule has 1 aromatic carbocycles. The van der Waals surface area contributed by atoms with Gasteiger partial charge >= 0.3 is 0 Å². The molecular formula is C14H15N3O2. The van der Waals surface area contributed by atoms with Gasteiger partial charge in [-0.2, -0.15) is 0 Å². The molecule has 0 radical (unpaired) electrons. The number of anilines is 2. The summed E-state index contributed by atoms with van der Waals surface area (Å²) in [5.74, 6) is 0.404. The van der Waals surface area contributed by atoms with E-state index in [2.05, 4.69) is 10.3 Å². The number of nitrogen functional groups attached to an aromatic ring is 1. The third kappa shape index (κ3) is 3.01. The minimum absolute atomic E-state index is 0.231. The van der Waals surface area contributed by atoms with Gasteiger partial charge in [-0.25, -0.2) is 0 Å². The van der Waals surface area contributed by atoms with E-state index in [9.17, 15) is 4.79 Å². The van der Waals surface area contributed by atoms with Crippen molar-refractivity contribution in [1.82, 2.24) is 4.98 Å². The Morgan fingerprint density at radius 1 is 1.32 bits per heavy atom. The molecule has 2 rings (SSSR count). The Balaban J connectivity index is 2.23. The molecule has 0 fully saturated rings. The summed E-state index contributed by atoms with van der Waals surface area (Å²) < 4.78 is 5.10. The fourth-order valence-corrected chi connectivity index (χ4v) is 1.65. The molecule has 0 bridgehead atoms. The second-order valence-corrected chi connectivity index (χ2v) is 4.09. The van der Waals surface area contributed by atoms with Gasteiger partial charge in [-0.1, -0.05) is 0 Å². The van der Waals surface area contributed by atoms with Crippen molar-refractivity contribution in [2.45, 2.75) is 6.92 Å². The van der Waals surface area contributed by atoms with Gasteiger partial charge in [0.25, 0.3) is 5.91 Å². The lowest BCUT2D eigenvalue weighted by atomic mass is 10.2. The molecule has 0 saturated carbocycles. The summed E-state index contributed by atoms with van der Waals surface area (Å²) in [5, 5.41) is 2.76. The Kier molecular flexibility index (Phi) is 3.66. The van der Waals surface area contributed by atoms with Crippen LogP contribution in [0.4, 0.5) is 11.4 Å². The van der Waals surface area contributed by atoms with E-state index in [1.54, 1.807) is 43.6 Å². The van der Waals surface area contributed by atoms with Crippen molar-refractivity contribution in [1.29, 1.82) is 0 Å². The van der Waals surface area contributed by atoms with Crippen molar-refractivity contribution < 1.29 is 9.53 Å². The largest absolute Gasteiger partial charge is 0.497 e. The molecule has 1 amide bonds. The zero-order valence-corrected chi connectivity index (χ0v) is 10.8. The first-order chi connectivity index (χ1) is 9.10. The van der Waals surface area contributed by atoms with Gasteiger partial charge in [0.05, 0.1) is 18.5 Å². The monoisotopic (exact) mass is 257 g/mol. The van der Waals surface area contributed by atoms with Crippen LogP contribution in [0.2, 0.25) is 0 Å². The van der Waals surface area contributed by atoms with Gasteiger partial charge < -0.3 is 15.8 Å². The number of rotatable bonds is 3. The van der Waals surface area contributed by atoms with E-state index in [0.29, 0.717) is 22.7 Å². The average molecular weight is 257 g/mol. The predicted molar refractivity (Wildman–Crippen MR) is 74.3 cm³/mol. The quantitative estimate of drug-likeness (QED) is 0.827. The van der Waals surface area contributed by atoms with Crippen molar-refractivity contribution in [3.8, 4) is 5.75 Å². The second kappa shape index (κ2) is 5.39. The number of aromatic nitrogens is 1. The van der Waals surface area contributed by atoms with Gasteiger partial charge in [0.2, 0.25) is 0 Å². The fraction of sp³-hybridized carbons (Fsp3) is 0.143. The van der Waals surface area contributed by atoms with Crippen LogP contribution in [0.15, 0.2) is 36.5 Å². The highest BCUT2D eigenvalue weighted by Gasteiger charge is 2.09. The van der Waals surface area contributed by atoms with E-state index in [1.165, 1.54) is 0 Å². The number of benzene rings is 1. The Hall–Kier alpha value is -2.56. The van der Waals surface area contributed by atoms with E-state index in [4.69, 9.17) is 10.5 Å². The molecule has 98 valence electrons. The number of methoxy groups -OCH3 is 1. The van der Waals surface area contributed by atoms with Crippen LogP contribution < -0.4 is 15.8 Å². The van der Waals surface area contributed by atoms with Gasteiger partial charge in [0.15, 0.2) is 0 Å². The Labute approximate surface area is 111 Å². The highest BCUT2D eigenvalue weighted by Crippen LogP contribution is 2.24. The van der Waals surface area contributed by atoms with Crippen LogP contribution in [0, 0.1) is 6.92 Å². The van der Waals surface area contributed by atoms with Crippen molar-refractivity contribution >= 4 is 17.3 Å². The summed E-state index contributed by atoms with van der Waals surface area (Å²) >= 11 is 0. The molecular weight excluding hydrogens is 242 g/mol. The molecule has 5 heteroatoms. The first-order valence-corrected chi connectivity index (χ1v) is 5.77. The standard InChI is InChI=1S/C14H15N3O2/c1-9-7-10(5-6-16-9)14(18)17-13-8-11(19-2)3-4-12(13)15/h3-8H,15H2,1-2H3,(H,17,18). The first-order valence-electron chi connectivity index (χ1n) is 5.77. The summed E-state index contributed by atoms with van der Waals surface area (Å²) in [7, 11) is 1.56. The van der Waals surface area contributed by atoms with Crippen LogP contribution in [0.1, 0.15) is 16.1 Å². The maximum absolute atomic E-state index is 12.1. The second-order valence-electron chi connectivity index (χ2n) is 4.09. The predicted octanol–water partition coefficient (Wildman–Crippen LogP) is 2.23. The minimum Gasteiger partial charge on any atom is -0.497 e. The molecule has 0 aliphatic carbocycles. The molecule has 0 saturated heterocycles. The number of nitrogens with two attached hydrogens (primary N) is 1. The number of ether oxygens (including phenoxy) is 1. The summed E-state index contributed by atoms with van der Waals surface area (Å²) in [6, 6.07) is 8.47. The molecule has 2 aromatic rings. The van der Waals surface area contributed by atoms with Gasteiger partial charge in [-0.3, -0.25) is 9.78 Å². The molecule has 19 heavy (non-hydrogen) atoms. The van der Waals surface area contributed by atoms with Crippen LogP contribution in [0.5, 0.6) is 5.75 Å². The van der Waals surface area contributed by atoms with E-state index in [-0.39, 0.29) is 5.91 Å². The minimum atomic E-state index is -0.231. The van der Waals surface area contributed by atoms with Crippen molar-refractivity contribution in [3.63, 3.8) is 0 Å². The summed E-state index contributed by atoms with van der Waals surface area (Å²) in [6.45, 7) is 1.83. The molecule has 0 spiro atoms. The molecule has 1 aromatic heterocycles. The number of pyridine rings is 1. The number of nitrogens with zero attached hydrogens (tertiary/aromatic N) is 1. The molecule has 0 aliphatic rings. The Morgan fingerprint density at radius 2 is 2.11 bits per heavy atom. The molecule has 5 nitrogen and oxygen atoms in total. The van der Waals surface area contributed by atoms with Gasteiger partial charge in [0.1, 0.15) is 5.75 Å². The van der Waals surface area contributed by atoms with E-state index in [0.717, 1.165) is 5.69 Å². The van der Waals surface area contributed by atoms with Gasteiger partial charge in [0, 0.05) is 23.5 Å². The van der Waals surface area contributed by atoms with Crippen molar-refractivity contribution in [2.24, 2.45) is 0 Å². The maximum Gasteiger partial charge on any atom is 0.255 e. The highest BCUT2D eigenvalue weighted by molar-refractivity contribution is 6.05. The number of nitrogens with one attached hydrogen (secondary N) is 1. The summed E-state index contributed by atoms with van der Waals surface area (Å²) in [4.78, 5) is 16.1. The van der Waals surface area contributed by atoms with Crippen LogP contribution in [-0.4, -0.2) is 18.0 Å². The number of hydrogen-bond acceptors (Lipinski definition) is 4. The lowest BCUT2D eigenvalue weighted by molar-refractivity contribution is 0.102. The van der Waals surface area contributed by atoms with Crippen LogP contribution >= 0.6 is 0 Å². The molecule has 0 unspecified atom stereocenters. The van der Waals surface area contributed by atoms with E-state index < -0.39 is 0 Å². The van der Waals surface area contributed by atoms with Gasteiger partial charge in [-0.15, -0.1) is 0 Å². The van der Waals surface area contributed by atoms with Crippen LogP contribution in [0.3, 0.4) is 0 Å². The zero-order valence-electron chi connectivity index (χ0n) is 10.8. The zero-order chi connectivity index (χ0) is 13.8. The Morgan fingerprint density at radius 3 is 2.79 bits per heavy atom. The molecule has 0 aliphatic heterocycles. The average Bonchev–Trinajstić information content (AvgIpc) is 2.41. The fourth-order valence-electron chi connectivity index (χ4n) is 1.65. The molecule has 0 atom stereocenters. The van der Waals surface area contributed by atoms with Gasteiger partial charge in [-0.05, 0) is 31.2 Å². The number of hydrogen-bond donors (Lipinski definition) is 2. The third-order valence-corrected chi connectivity index (χ3v) is 2.67. The summed E-state index contributed by atoms with van der Waals surface area (Å²) in [6.07, 6.45) is 1.60. The lowest BCUT2D eigenvalue weighted by Gasteiger charge is -2.10. The number of aryl methyl sites for hydroxylation is 1. The topological polar surface area (TPSA) is 77.2 Å². The SMILES string of the molecule is COc1ccc(N)c(NC(=O)c2ccnc(C)c2)c1. The van der Waals surface area contributed by atoms with Crippen LogP contribution in [-0.2, 0) is 0 Å². The normalized spacial score (nSPS) is 10.0. The maximum atomic E-state index is 12.1. The first kappa shape index (κ1) is 12.9. The number of carbonyl (C=O) groups is 1. The van der Waals surface area contributed by atoms with Crippen molar-refractivity contribution in [3.05, 3.63) is 47.8 Å². The Bertz CT molecular complexity index is 611. The smallest absolute Gasteiger partial charge is 0.255 e. The summed E-state index contributed by atoms with van der Waals surface area (Å²) in [5.41, 5.74) is 8.15. The highest BCUT2D eigenvalue weighted by atomic mass is 16.5. The lowest BCUT2D eigenvalue weighted by Crippen LogP contribution is -2.13. The number of carbonyl (C=O) groups excluding carboxylic acids is 1. The van der Waals surface area contributed by atoms with Crippen molar-refractivity contribution in [2.75, 3.05) is 18.2 Å². The molecule has 3 N–H and O–H groups in total. The third-order valence-electron chi connectivity index (χ3n) is 2.67. The van der Waals surface area contributed by atoms with E-state index in [1.807, 2.05) is 6.92 Å². The van der Waals surface area contributed by atoms with Crippen LogP contribution in [0.25, 0.3) is 0 Å². The number of amides is 1. The van der Waals surface area contributed by atoms with E-state index >= 15 is 0 Å².